The number of nitrogens with zero attached hydrogens (tertiary/aromatic N) is 2. The highest BCUT2D eigenvalue weighted by Gasteiger charge is 2.34. The zero-order valence-corrected chi connectivity index (χ0v) is 16.2. The molecule has 0 radical (unpaired) electrons. The number of amides is 1. The molecule has 2 heterocycles. The normalized spacial score (nSPS) is 18.4. The van der Waals surface area contributed by atoms with Gasteiger partial charge in [0.25, 0.3) is 0 Å². The second kappa shape index (κ2) is 10.9. The van der Waals surface area contributed by atoms with Crippen LogP contribution in [0.3, 0.4) is 0 Å². The van der Waals surface area contributed by atoms with Gasteiger partial charge in [-0.05, 0) is 50.2 Å². The van der Waals surface area contributed by atoms with Gasteiger partial charge in [0.05, 0.1) is 6.61 Å². The van der Waals surface area contributed by atoms with Gasteiger partial charge in [0, 0.05) is 24.9 Å². The van der Waals surface area contributed by atoms with Gasteiger partial charge in [0.1, 0.15) is 6.04 Å². The summed E-state index contributed by atoms with van der Waals surface area (Å²) >= 11 is 0. The Labute approximate surface area is 157 Å². The van der Waals surface area contributed by atoms with E-state index in [0.717, 1.165) is 50.5 Å². The number of carbonyl (C=O) groups is 2. The van der Waals surface area contributed by atoms with Crippen LogP contribution in [-0.2, 0) is 20.7 Å². The molecule has 5 heteroatoms. The second-order valence-corrected chi connectivity index (χ2v) is 7.22. The molecule has 0 N–H and O–H groups in total. The summed E-state index contributed by atoms with van der Waals surface area (Å²) < 4.78 is 5.49. The van der Waals surface area contributed by atoms with Crippen molar-refractivity contribution in [2.24, 2.45) is 5.92 Å². The monoisotopic (exact) mass is 360 g/mol. The van der Waals surface area contributed by atoms with Crippen LogP contribution in [0.4, 0.5) is 0 Å². The number of aryl methyl sites for hydroxylation is 1. The minimum atomic E-state index is -0.404. The van der Waals surface area contributed by atoms with E-state index in [4.69, 9.17) is 4.74 Å². The summed E-state index contributed by atoms with van der Waals surface area (Å²) in [6, 6.07) is 3.53. The van der Waals surface area contributed by atoms with E-state index in [1.54, 1.807) is 11.1 Å². The summed E-state index contributed by atoms with van der Waals surface area (Å²) in [6.45, 7) is 5.16. The van der Waals surface area contributed by atoms with Crippen LogP contribution in [0.1, 0.15) is 64.4 Å². The Morgan fingerprint density at radius 1 is 1.35 bits per heavy atom. The SMILES string of the molecule is CCCCC(C)C(=O)N1CCCCC1C(=O)OCCCc1cccnc1. The molecule has 1 fully saturated rings. The molecule has 1 aromatic rings. The summed E-state index contributed by atoms with van der Waals surface area (Å²) in [7, 11) is 0. The van der Waals surface area contributed by atoms with Crippen LogP contribution in [0.15, 0.2) is 24.5 Å². The number of unbranched alkanes of at least 4 members (excludes halogenated alkanes) is 1. The van der Waals surface area contributed by atoms with Crippen molar-refractivity contribution >= 4 is 11.9 Å². The minimum Gasteiger partial charge on any atom is -0.464 e. The van der Waals surface area contributed by atoms with Gasteiger partial charge >= 0.3 is 5.97 Å². The first-order valence-electron chi connectivity index (χ1n) is 9.99. The average molecular weight is 360 g/mol. The molecule has 2 rings (SSSR count). The maximum Gasteiger partial charge on any atom is 0.328 e. The van der Waals surface area contributed by atoms with Crippen LogP contribution in [0.2, 0.25) is 0 Å². The van der Waals surface area contributed by atoms with Gasteiger partial charge < -0.3 is 9.64 Å². The maximum atomic E-state index is 12.7. The van der Waals surface area contributed by atoms with Gasteiger partial charge in [0.2, 0.25) is 5.91 Å². The highest BCUT2D eigenvalue weighted by molar-refractivity contribution is 5.85. The molecule has 5 nitrogen and oxygen atoms in total. The van der Waals surface area contributed by atoms with Gasteiger partial charge in [0.15, 0.2) is 0 Å². The fraction of sp³-hybridized carbons (Fsp3) is 0.667. The molecule has 1 amide bonds. The molecule has 0 aromatic carbocycles. The minimum absolute atomic E-state index is 0.0195. The van der Waals surface area contributed by atoms with Crippen LogP contribution in [0.25, 0.3) is 0 Å². The highest BCUT2D eigenvalue weighted by atomic mass is 16.5. The van der Waals surface area contributed by atoms with Crippen molar-refractivity contribution in [2.75, 3.05) is 13.2 Å². The lowest BCUT2D eigenvalue weighted by molar-refractivity contribution is -0.158. The van der Waals surface area contributed by atoms with Gasteiger partial charge in [-0.2, -0.15) is 0 Å². The van der Waals surface area contributed by atoms with E-state index in [9.17, 15) is 9.59 Å². The van der Waals surface area contributed by atoms with Crippen molar-refractivity contribution in [3.8, 4) is 0 Å². The summed E-state index contributed by atoms with van der Waals surface area (Å²) in [6.07, 6.45) is 10.9. The van der Waals surface area contributed by atoms with Crippen molar-refractivity contribution in [3.63, 3.8) is 0 Å². The summed E-state index contributed by atoms with van der Waals surface area (Å²) in [4.78, 5) is 31.1. The quantitative estimate of drug-likeness (QED) is 0.497. The van der Waals surface area contributed by atoms with Crippen molar-refractivity contribution in [2.45, 2.75) is 71.3 Å². The standard InChI is InChI=1S/C21H32N2O3/c1-3-4-9-17(2)20(24)23-14-6-5-12-19(23)21(25)26-15-8-11-18-10-7-13-22-16-18/h7,10,13,16-17,19H,3-6,8-9,11-12,14-15H2,1-2H3. The smallest absolute Gasteiger partial charge is 0.328 e. The lowest BCUT2D eigenvalue weighted by Gasteiger charge is -2.35. The Morgan fingerprint density at radius 3 is 2.92 bits per heavy atom. The van der Waals surface area contributed by atoms with E-state index < -0.39 is 6.04 Å². The number of pyridine rings is 1. The molecule has 0 bridgehead atoms. The third kappa shape index (κ3) is 6.11. The predicted molar refractivity (Wildman–Crippen MR) is 102 cm³/mol. The number of piperidine rings is 1. The van der Waals surface area contributed by atoms with Crippen molar-refractivity contribution in [1.82, 2.24) is 9.88 Å². The first-order chi connectivity index (χ1) is 12.6. The third-order valence-electron chi connectivity index (χ3n) is 5.05. The van der Waals surface area contributed by atoms with E-state index in [0.29, 0.717) is 19.6 Å². The Bertz CT molecular complexity index is 562. The van der Waals surface area contributed by atoms with Crippen LogP contribution in [0.5, 0.6) is 0 Å². The van der Waals surface area contributed by atoms with Crippen LogP contribution in [-0.4, -0.2) is 41.0 Å². The average Bonchev–Trinajstić information content (AvgIpc) is 2.69. The summed E-state index contributed by atoms with van der Waals surface area (Å²) in [5, 5.41) is 0. The topological polar surface area (TPSA) is 59.5 Å². The van der Waals surface area contributed by atoms with Gasteiger partial charge in [-0.3, -0.25) is 9.78 Å². The molecular formula is C21H32N2O3. The molecule has 1 aromatic heterocycles. The van der Waals surface area contributed by atoms with Crippen LogP contribution < -0.4 is 0 Å². The molecule has 2 unspecified atom stereocenters. The second-order valence-electron chi connectivity index (χ2n) is 7.22. The third-order valence-corrected chi connectivity index (χ3v) is 5.05. The van der Waals surface area contributed by atoms with Gasteiger partial charge in [-0.25, -0.2) is 4.79 Å². The molecule has 0 aliphatic carbocycles. The van der Waals surface area contributed by atoms with Crippen LogP contribution in [0, 0.1) is 5.92 Å². The molecule has 1 saturated heterocycles. The fourth-order valence-electron chi connectivity index (χ4n) is 3.45. The lowest BCUT2D eigenvalue weighted by Crippen LogP contribution is -2.50. The lowest BCUT2D eigenvalue weighted by atomic mass is 9.97. The highest BCUT2D eigenvalue weighted by Crippen LogP contribution is 2.22. The molecule has 26 heavy (non-hydrogen) atoms. The molecule has 1 aliphatic heterocycles. The fourth-order valence-corrected chi connectivity index (χ4v) is 3.45. The molecular weight excluding hydrogens is 328 g/mol. The number of rotatable bonds is 9. The van der Waals surface area contributed by atoms with Crippen molar-refractivity contribution < 1.29 is 14.3 Å². The molecule has 2 atom stereocenters. The Morgan fingerprint density at radius 2 is 2.19 bits per heavy atom. The van der Waals surface area contributed by atoms with Gasteiger partial charge in [-0.15, -0.1) is 0 Å². The first kappa shape index (κ1) is 20.4. The van der Waals surface area contributed by atoms with E-state index in [-0.39, 0.29) is 17.8 Å². The largest absolute Gasteiger partial charge is 0.464 e. The number of hydrogen-bond donors (Lipinski definition) is 0. The number of esters is 1. The summed E-state index contributed by atoms with van der Waals surface area (Å²) in [5.74, 6) is -0.156. The number of carbonyl (C=O) groups excluding carboxylic acids is 2. The zero-order chi connectivity index (χ0) is 18.8. The number of ether oxygens (including phenoxy) is 1. The molecule has 1 aliphatic rings. The maximum absolute atomic E-state index is 12.7. The Balaban J connectivity index is 1.81. The predicted octanol–water partition coefficient (Wildman–Crippen LogP) is 3.76. The Kier molecular flexibility index (Phi) is 8.59. The molecule has 0 spiro atoms. The Hall–Kier alpha value is -1.91. The number of hydrogen-bond acceptors (Lipinski definition) is 4. The first-order valence-corrected chi connectivity index (χ1v) is 9.99. The van der Waals surface area contributed by atoms with E-state index in [1.807, 2.05) is 25.3 Å². The van der Waals surface area contributed by atoms with Gasteiger partial charge in [-0.1, -0.05) is 32.8 Å². The van der Waals surface area contributed by atoms with E-state index >= 15 is 0 Å². The molecule has 144 valence electrons. The van der Waals surface area contributed by atoms with Crippen molar-refractivity contribution in [3.05, 3.63) is 30.1 Å². The number of likely N-dealkylation sites (tertiary alicyclic amines) is 1. The molecule has 0 saturated carbocycles. The van der Waals surface area contributed by atoms with E-state index in [2.05, 4.69) is 11.9 Å². The summed E-state index contributed by atoms with van der Waals surface area (Å²) in [5.41, 5.74) is 1.14. The van der Waals surface area contributed by atoms with Crippen molar-refractivity contribution in [1.29, 1.82) is 0 Å². The number of aromatic nitrogens is 1. The van der Waals surface area contributed by atoms with Crippen LogP contribution >= 0.6 is 0 Å². The zero-order valence-electron chi connectivity index (χ0n) is 16.2. The van der Waals surface area contributed by atoms with E-state index in [1.165, 1.54) is 0 Å².